The number of benzene rings is 4. The zero-order valence-electron chi connectivity index (χ0n) is 16.7. The van der Waals surface area contributed by atoms with Crippen LogP contribution in [0, 0.1) is 0 Å². The predicted molar refractivity (Wildman–Crippen MR) is 121 cm³/mol. The van der Waals surface area contributed by atoms with Gasteiger partial charge < -0.3 is 0 Å². The van der Waals surface area contributed by atoms with Crippen LogP contribution < -0.4 is 4.98 Å². The molecule has 1 N–H and O–H groups in total. The Morgan fingerprint density at radius 2 is 1.38 bits per heavy atom. The van der Waals surface area contributed by atoms with Crippen molar-refractivity contribution >= 4 is 21.5 Å². The van der Waals surface area contributed by atoms with Crippen LogP contribution in [0.25, 0.3) is 43.9 Å². The molecule has 138 valence electrons. The highest BCUT2D eigenvalue weighted by atomic mass is 14.7. The summed E-state index contributed by atoms with van der Waals surface area (Å²) in [6.07, 6.45) is 2.13. The average Bonchev–Trinajstić information content (AvgIpc) is 3.00. The molecular formula is C28H22N+. The second-order valence-electron chi connectivity index (χ2n) is 8.57. The summed E-state index contributed by atoms with van der Waals surface area (Å²) in [5.41, 5.74) is 7.96. The lowest BCUT2D eigenvalue weighted by Crippen LogP contribution is -2.15. The fourth-order valence-electron chi connectivity index (χ4n) is 4.98. The van der Waals surface area contributed by atoms with Crippen LogP contribution >= 0.6 is 0 Å². The largest absolute Gasteiger partial charge is 0.211 e. The van der Waals surface area contributed by atoms with E-state index in [9.17, 15) is 0 Å². The van der Waals surface area contributed by atoms with Crippen molar-refractivity contribution in [2.75, 3.05) is 0 Å². The van der Waals surface area contributed by atoms with Gasteiger partial charge in [0.25, 0.3) is 0 Å². The molecule has 0 unspecified atom stereocenters. The first-order valence-electron chi connectivity index (χ1n) is 10.2. The smallest absolute Gasteiger partial charge is 0.210 e. The minimum Gasteiger partial charge on any atom is -0.210 e. The van der Waals surface area contributed by atoms with Gasteiger partial charge in [0.15, 0.2) is 6.20 Å². The van der Waals surface area contributed by atoms with Crippen LogP contribution in [0.3, 0.4) is 0 Å². The van der Waals surface area contributed by atoms with E-state index in [0.29, 0.717) is 0 Å². The first-order chi connectivity index (χ1) is 14.1. The van der Waals surface area contributed by atoms with Crippen molar-refractivity contribution in [2.45, 2.75) is 19.3 Å². The summed E-state index contributed by atoms with van der Waals surface area (Å²) in [4.78, 5) is 3.53. The van der Waals surface area contributed by atoms with Gasteiger partial charge in [-0.25, -0.2) is 4.98 Å². The first kappa shape index (κ1) is 16.5. The van der Waals surface area contributed by atoms with Gasteiger partial charge in [-0.1, -0.05) is 74.5 Å². The summed E-state index contributed by atoms with van der Waals surface area (Å²) in [5.74, 6) is 0. The van der Waals surface area contributed by atoms with E-state index in [-0.39, 0.29) is 5.41 Å². The van der Waals surface area contributed by atoms with Gasteiger partial charge in [-0.05, 0) is 51.2 Å². The average molecular weight is 372 g/mol. The second-order valence-corrected chi connectivity index (χ2v) is 8.57. The molecule has 1 aromatic heterocycles. The monoisotopic (exact) mass is 372 g/mol. The lowest BCUT2D eigenvalue weighted by Gasteiger charge is -2.21. The van der Waals surface area contributed by atoms with Crippen molar-refractivity contribution in [2.24, 2.45) is 0 Å². The zero-order valence-corrected chi connectivity index (χ0v) is 16.7. The lowest BCUT2D eigenvalue weighted by molar-refractivity contribution is -0.362. The summed E-state index contributed by atoms with van der Waals surface area (Å²) in [5, 5.41) is 5.11. The number of pyridine rings is 1. The summed E-state index contributed by atoms with van der Waals surface area (Å²) in [7, 11) is 0. The van der Waals surface area contributed by atoms with Crippen LogP contribution in [0.15, 0.2) is 91.1 Å². The molecular weight excluding hydrogens is 350 g/mol. The molecule has 1 heteroatoms. The predicted octanol–water partition coefficient (Wildman–Crippen LogP) is 6.78. The Labute approximate surface area is 170 Å². The molecule has 29 heavy (non-hydrogen) atoms. The van der Waals surface area contributed by atoms with Crippen molar-refractivity contribution in [1.82, 2.24) is 0 Å². The SMILES string of the molecule is CC1(C)c2ccccc2-c2ccc(-c3cc4c(ccc5ccccc54)c[nH+]3)cc21. The molecule has 1 aliphatic rings. The van der Waals surface area contributed by atoms with E-state index < -0.39 is 0 Å². The molecule has 0 fully saturated rings. The van der Waals surface area contributed by atoms with Crippen LogP contribution in [-0.2, 0) is 5.41 Å². The van der Waals surface area contributed by atoms with Gasteiger partial charge in [-0.3, -0.25) is 0 Å². The number of rotatable bonds is 1. The number of H-pyrrole nitrogens is 1. The fourth-order valence-corrected chi connectivity index (χ4v) is 4.98. The zero-order chi connectivity index (χ0) is 19.6. The molecule has 0 saturated heterocycles. The Bertz CT molecular complexity index is 1430. The molecule has 0 saturated carbocycles. The fraction of sp³-hybridized carbons (Fsp3) is 0.107. The van der Waals surface area contributed by atoms with Gasteiger partial charge in [0.05, 0.1) is 0 Å². The number of hydrogen-bond donors (Lipinski definition) is 0. The van der Waals surface area contributed by atoms with Crippen LogP contribution in [0.1, 0.15) is 25.0 Å². The Morgan fingerprint density at radius 3 is 2.31 bits per heavy atom. The van der Waals surface area contributed by atoms with Gasteiger partial charge in [-0.15, -0.1) is 0 Å². The van der Waals surface area contributed by atoms with Gasteiger partial charge in [-0.2, -0.15) is 0 Å². The molecule has 4 aromatic carbocycles. The molecule has 0 spiro atoms. The van der Waals surface area contributed by atoms with Crippen molar-refractivity contribution in [3.05, 3.63) is 102 Å². The van der Waals surface area contributed by atoms with Crippen molar-refractivity contribution in [3.63, 3.8) is 0 Å². The number of fused-ring (bicyclic) bond motifs is 6. The van der Waals surface area contributed by atoms with Gasteiger partial charge >= 0.3 is 0 Å². The highest BCUT2D eigenvalue weighted by molar-refractivity contribution is 6.07. The second kappa shape index (κ2) is 5.78. The molecule has 5 aromatic rings. The van der Waals surface area contributed by atoms with Crippen LogP contribution in [0.4, 0.5) is 0 Å². The van der Waals surface area contributed by atoms with E-state index >= 15 is 0 Å². The first-order valence-corrected chi connectivity index (χ1v) is 10.2. The Hall–Kier alpha value is -3.45. The highest BCUT2D eigenvalue weighted by Gasteiger charge is 2.35. The molecule has 0 aliphatic heterocycles. The van der Waals surface area contributed by atoms with Crippen LogP contribution in [0.5, 0.6) is 0 Å². The maximum Gasteiger partial charge on any atom is 0.211 e. The molecule has 1 heterocycles. The highest BCUT2D eigenvalue weighted by Crippen LogP contribution is 2.49. The third kappa shape index (κ3) is 2.31. The summed E-state index contributed by atoms with van der Waals surface area (Å²) < 4.78 is 0. The quantitative estimate of drug-likeness (QED) is 0.288. The number of nitrogens with one attached hydrogen (secondary N) is 1. The van der Waals surface area contributed by atoms with E-state index in [1.54, 1.807) is 0 Å². The Morgan fingerprint density at radius 1 is 0.621 bits per heavy atom. The van der Waals surface area contributed by atoms with E-state index in [4.69, 9.17) is 0 Å². The molecule has 0 atom stereocenters. The summed E-state index contributed by atoms with van der Waals surface area (Å²) in [6.45, 7) is 4.66. The Kier molecular flexibility index (Phi) is 3.29. The maximum atomic E-state index is 3.53. The van der Waals surface area contributed by atoms with Crippen molar-refractivity contribution < 1.29 is 4.98 Å². The van der Waals surface area contributed by atoms with E-state index in [1.165, 1.54) is 49.4 Å². The molecule has 0 amide bonds. The topological polar surface area (TPSA) is 14.1 Å². The van der Waals surface area contributed by atoms with Crippen LogP contribution in [0.2, 0.25) is 0 Å². The summed E-state index contributed by atoms with van der Waals surface area (Å²) >= 11 is 0. The minimum atomic E-state index is 0.0193. The number of aromatic amines is 1. The maximum absolute atomic E-state index is 3.53. The van der Waals surface area contributed by atoms with Gasteiger partial charge in [0.1, 0.15) is 0 Å². The van der Waals surface area contributed by atoms with Gasteiger partial charge in [0, 0.05) is 27.8 Å². The van der Waals surface area contributed by atoms with Gasteiger partial charge in [0.2, 0.25) is 5.69 Å². The van der Waals surface area contributed by atoms with E-state index in [0.717, 1.165) is 5.69 Å². The van der Waals surface area contributed by atoms with Crippen molar-refractivity contribution in [1.29, 1.82) is 0 Å². The summed E-state index contributed by atoms with van der Waals surface area (Å²) in [6, 6.07) is 31.0. The van der Waals surface area contributed by atoms with Crippen molar-refractivity contribution in [3.8, 4) is 22.4 Å². The molecule has 0 radical (unpaired) electrons. The molecule has 1 nitrogen and oxygen atoms in total. The Balaban J connectivity index is 1.56. The number of hydrogen-bond acceptors (Lipinski definition) is 0. The molecule has 1 aliphatic carbocycles. The molecule has 6 rings (SSSR count). The normalized spacial score (nSPS) is 14.1. The standard InChI is InChI=1S/C28H21N/c1-28(2)25-10-6-5-9-22(25)23-14-13-19(15-26(23)28)27-16-24-20(17-29-27)12-11-18-7-3-4-8-21(18)24/h3-17H,1-2H3/p+1. The lowest BCUT2D eigenvalue weighted by atomic mass is 9.82. The minimum absolute atomic E-state index is 0.0193. The van der Waals surface area contributed by atoms with E-state index in [1.807, 2.05) is 0 Å². The molecule has 0 bridgehead atoms. The van der Waals surface area contributed by atoms with Crippen LogP contribution in [-0.4, -0.2) is 0 Å². The third-order valence-electron chi connectivity index (χ3n) is 6.57. The van der Waals surface area contributed by atoms with E-state index in [2.05, 4.69) is 110 Å². The third-order valence-corrected chi connectivity index (χ3v) is 6.57. The number of aromatic nitrogens is 1.